The number of phenols is 1. The van der Waals surface area contributed by atoms with E-state index in [4.69, 9.17) is 14.2 Å². The van der Waals surface area contributed by atoms with Crippen LogP contribution in [0.3, 0.4) is 0 Å². The van der Waals surface area contributed by atoms with Crippen molar-refractivity contribution in [1.29, 1.82) is 0 Å². The van der Waals surface area contributed by atoms with E-state index in [1.807, 2.05) is 6.92 Å². The number of hydrogen-bond donors (Lipinski definition) is 2. The number of ketones is 1. The van der Waals surface area contributed by atoms with Gasteiger partial charge in [-0.05, 0) is 48.4 Å². The number of nitrogens with zero attached hydrogens (tertiary/aromatic N) is 2. The topological polar surface area (TPSA) is 109 Å². The number of ether oxygens (including phenoxy) is 3. The van der Waals surface area contributed by atoms with Gasteiger partial charge in [0.1, 0.15) is 11.5 Å². The first-order valence-electron chi connectivity index (χ1n) is 12.1. The van der Waals surface area contributed by atoms with Crippen LogP contribution in [0.1, 0.15) is 30.5 Å². The number of aliphatic hydroxyl groups excluding tert-OH is 1. The minimum Gasteiger partial charge on any atom is -0.507 e. The molecule has 0 radical (unpaired) electrons. The zero-order chi connectivity index (χ0) is 25.7. The molecule has 1 amide bonds. The van der Waals surface area contributed by atoms with Gasteiger partial charge in [0, 0.05) is 31.7 Å². The number of likely N-dealkylation sites (tertiary alicyclic amines) is 1. The average molecular weight is 497 g/mol. The molecular weight excluding hydrogens is 464 g/mol. The number of rotatable bonds is 9. The molecule has 2 aromatic rings. The maximum absolute atomic E-state index is 13.2. The van der Waals surface area contributed by atoms with E-state index in [1.165, 1.54) is 18.1 Å². The van der Waals surface area contributed by atoms with Crippen molar-refractivity contribution in [2.75, 3.05) is 53.1 Å². The summed E-state index contributed by atoms with van der Waals surface area (Å²) in [6, 6.07) is 10.6. The number of carbonyl (C=O) groups excluding carboxylic acids is 2. The van der Waals surface area contributed by atoms with Crippen LogP contribution in [0.15, 0.2) is 48.0 Å². The molecule has 0 aliphatic carbocycles. The number of aromatic hydroxyl groups is 1. The number of methoxy groups -OCH3 is 1. The van der Waals surface area contributed by atoms with E-state index >= 15 is 0 Å². The lowest BCUT2D eigenvalue weighted by Gasteiger charge is -2.31. The summed E-state index contributed by atoms with van der Waals surface area (Å²) in [6.45, 7) is 6.16. The molecule has 2 aliphatic rings. The summed E-state index contributed by atoms with van der Waals surface area (Å²) in [6.07, 6.45) is 0.867. The van der Waals surface area contributed by atoms with E-state index in [9.17, 15) is 19.8 Å². The SMILES string of the molecule is CCCOc1ccc(/C(O)=C2\C(=O)C(=O)N(CCN3CCOCC3)[C@@H]2c2ccc(O)c(OC)c2)cc1. The number of benzene rings is 2. The molecule has 2 N–H and O–H groups in total. The summed E-state index contributed by atoms with van der Waals surface area (Å²) in [5, 5.41) is 21.4. The minimum absolute atomic E-state index is 0.00283. The third-order valence-corrected chi connectivity index (χ3v) is 6.42. The van der Waals surface area contributed by atoms with Crippen LogP contribution in [-0.2, 0) is 14.3 Å². The van der Waals surface area contributed by atoms with Gasteiger partial charge < -0.3 is 29.3 Å². The van der Waals surface area contributed by atoms with Gasteiger partial charge in [0.05, 0.1) is 38.5 Å². The van der Waals surface area contributed by atoms with Crippen LogP contribution < -0.4 is 9.47 Å². The van der Waals surface area contributed by atoms with Gasteiger partial charge in [0.2, 0.25) is 0 Å². The first kappa shape index (κ1) is 25.5. The highest BCUT2D eigenvalue weighted by molar-refractivity contribution is 6.46. The predicted octanol–water partition coefficient (Wildman–Crippen LogP) is 2.94. The number of carbonyl (C=O) groups is 2. The fourth-order valence-corrected chi connectivity index (χ4v) is 4.48. The zero-order valence-corrected chi connectivity index (χ0v) is 20.6. The maximum atomic E-state index is 13.2. The molecule has 4 rings (SSSR count). The van der Waals surface area contributed by atoms with E-state index in [0.29, 0.717) is 49.8 Å². The molecule has 2 aliphatic heterocycles. The maximum Gasteiger partial charge on any atom is 0.295 e. The van der Waals surface area contributed by atoms with Crippen molar-refractivity contribution in [2.24, 2.45) is 0 Å². The van der Waals surface area contributed by atoms with E-state index < -0.39 is 17.7 Å². The summed E-state index contributed by atoms with van der Waals surface area (Å²) < 4.78 is 16.3. The summed E-state index contributed by atoms with van der Waals surface area (Å²) in [5.74, 6) is -0.888. The van der Waals surface area contributed by atoms with Crippen molar-refractivity contribution in [3.05, 3.63) is 59.2 Å². The first-order chi connectivity index (χ1) is 17.4. The summed E-state index contributed by atoms with van der Waals surface area (Å²) in [5.41, 5.74) is 0.952. The Hall–Kier alpha value is -3.56. The molecule has 2 saturated heterocycles. The molecule has 0 bridgehead atoms. The molecule has 2 fully saturated rings. The van der Waals surface area contributed by atoms with Crippen LogP contribution in [0.25, 0.3) is 5.76 Å². The Bertz CT molecular complexity index is 1120. The van der Waals surface area contributed by atoms with Crippen LogP contribution in [0, 0.1) is 0 Å². The summed E-state index contributed by atoms with van der Waals surface area (Å²) >= 11 is 0. The van der Waals surface area contributed by atoms with E-state index in [-0.39, 0.29) is 22.8 Å². The van der Waals surface area contributed by atoms with Crippen molar-refractivity contribution in [3.8, 4) is 17.2 Å². The lowest BCUT2D eigenvalue weighted by atomic mass is 9.95. The average Bonchev–Trinajstić information content (AvgIpc) is 3.16. The monoisotopic (exact) mass is 496 g/mol. The normalized spacial score (nSPS) is 20.1. The van der Waals surface area contributed by atoms with Crippen molar-refractivity contribution in [1.82, 2.24) is 9.80 Å². The molecule has 0 spiro atoms. The van der Waals surface area contributed by atoms with Gasteiger partial charge in [-0.2, -0.15) is 0 Å². The Morgan fingerprint density at radius 3 is 2.47 bits per heavy atom. The number of morpholine rings is 1. The van der Waals surface area contributed by atoms with Crippen LogP contribution in [0.5, 0.6) is 17.2 Å². The lowest BCUT2D eigenvalue weighted by Crippen LogP contribution is -2.42. The number of Topliss-reactive ketones (excluding diaryl/α,β-unsaturated/α-hetero) is 1. The van der Waals surface area contributed by atoms with Crippen LogP contribution in [0.2, 0.25) is 0 Å². The molecule has 9 heteroatoms. The van der Waals surface area contributed by atoms with Crippen molar-refractivity contribution < 1.29 is 34.0 Å². The third-order valence-electron chi connectivity index (χ3n) is 6.42. The molecule has 0 aromatic heterocycles. The highest BCUT2D eigenvalue weighted by Crippen LogP contribution is 2.41. The van der Waals surface area contributed by atoms with Gasteiger partial charge in [-0.1, -0.05) is 13.0 Å². The Labute approximate surface area is 210 Å². The fourth-order valence-electron chi connectivity index (χ4n) is 4.48. The van der Waals surface area contributed by atoms with E-state index in [2.05, 4.69) is 4.90 Å². The second-order valence-electron chi connectivity index (χ2n) is 8.75. The minimum atomic E-state index is -0.837. The smallest absolute Gasteiger partial charge is 0.295 e. The highest BCUT2D eigenvalue weighted by atomic mass is 16.5. The van der Waals surface area contributed by atoms with E-state index in [1.54, 1.807) is 36.4 Å². The largest absolute Gasteiger partial charge is 0.507 e. The molecule has 192 valence electrons. The van der Waals surface area contributed by atoms with Gasteiger partial charge in [0.25, 0.3) is 11.7 Å². The summed E-state index contributed by atoms with van der Waals surface area (Å²) in [4.78, 5) is 30.1. The molecular formula is C27H32N2O7. The Kier molecular flexibility index (Phi) is 8.12. The van der Waals surface area contributed by atoms with Gasteiger partial charge >= 0.3 is 0 Å². The molecule has 36 heavy (non-hydrogen) atoms. The van der Waals surface area contributed by atoms with Crippen molar-refractivity contribution >= 4 is 17.4 Å². The first-order valence-corrected chi connectivity index (χ1v) is 12.1. The second-order valence-corrected chi connectivity index (χ2v) is 8.75. The van der Waals surface area contributed by atoms with Gasteiger partial charge in [-0.15, -0.1) is 0 Å². The van der Waals surface area contributed by atoms with Gasteiger partial charge in [-0.3, -0.25) is 14.5 Å². The second kappa shape index (κ2) is 11.5. The molecule has 9 nitrogen and oxygen atoms in total. The van der Waals surface area contributed by atoms with Crippen LogP contribution in [-0.4, -0.2) is 84.8 Å². The zero-order valence-electron chi connectivity index (χ0n) is 20.6. The number of hydrogen-bond acceptors (Lipinski definition) is 8. The third kappa shape index (κ3) is 5.32. The molecule has 0 saturated carbocycles. The molecule has 1 atom stereocenters. The number of aliphatic hydroxyl groups is 1. The van der Waals surface area contributed by atoms with E-state index in [0.717, 1.165) is 19.5 Å². The predicted molar refractivity (Wildman–Crippen MR) is 133 cm³/mol. The molecule has 0 unspecified atom stereocenters. The van der Waals surface area contributed by atoms with Crippen molar-refractivity contribution in [2.45, 2.75) is 19.4 Å². The lowest BCUT2D eigenvalue weighted by molar-refractivity contribution is -0.140. The van der Waals surface area contributed by atoms with Crippen LogP contribution in [0.4, 0.5) is 0 Å². The standard InChI is InChI=1S/C27H32N2O7/c1-3-14-36-20-7-4-18(5-8-20)25(31)23-24(19-6-9-21(30)22(17-19)34-2)29(27(33)26(23)32)11-10-28-12-15-35-16-13-28/h4-9,17,24,30-31H,3,10-16H2,1-2H3/b25-23+/t24-/m1/s1. The number of phenolic OH excluding ortho intramolecular Hbond substituents is 1. The van der Waals surface area contributed by atoms with Crippen molar-refractivity contribution in [3.63, 3.8) is 0 Å². The van der Waals surface area contributed by atoms with Crippen LogP contribution >= 0.6 is 0 Å². The summed E-state index contributed by atoms with van der Waals surface area (Å²) in [7, 11) is 1.43. The Morgan fingerprint density at radius 1 is 1.08 bits per heavy atom. The highest BCUT2D eigenvalue weighted by Gasteiger charge is 2.46. The Balaban J connectivity index is 1.72. The van der Waals surface area contributed by atoms with Gasteiger partial charge in [0.15, 0.2) is 11.5 Å². The molecule has 2 aromatic carbocycles. The number of amides is 1. The fraction of sp³-hybridized carbons (Fsp3) is 0.407. The van der Waals surface area contributed by atoms with Gasteiger partial charge in [-0.25, -0.2) is 0 Å². The quantitative estimate of drug-likeness (QED) is 0.310. The molecule has 2 heterocycles. The Morgan fingerprint density at radius 2 is 1.81 bits per heavy atom.